The Morgan fingerprint density at radius 3 is 2.54 bits per heavy atom. The van der Waals surface area contributed by atoms with Gasteiger partial charge >= 0.3 is 0 Å². The van der Waals surface area contributed by atoms with E-state index >= 15 is 0 Å². The Bertz CT molecular complexity index is 812. The predicted molar refractivity (Wildman–Crippen MR) is 88.2 cm³/mol. The number of carbonyl (C=O) groups is 3. The van der Waals surface area contributed by atoms with Crippen LogP contribution < -0.4 is 15.4 Å². The topological polar surface area (TPSA) is 84.5 Å². The summed E-state index contributed by atoms with van der Waals surface area (Å²) in [6.45, 7) is 0. The van der Waals surface area contributed by atoms with E-state index in [1.54, 1.807) is 25.3 Å². The minimum Gasteiger partial charge on any atom is -0.497 e. The molecular weight excluding hydrogens is 308 g/mol. The van der Waals surface area contributed by atoms with Crippen molar-refractivity contribution in [2.75, 3.05) is 12.4 Å². The third-order valence-electron chi connectivity index (χ3n) is 3.84. The Kier molecular flexibility index (Phi) is 4.29. The predicted octanol–water partition coefficient (Wildman–Crippen LogP) is 2.15. The number of nitrogens with one attached hydrogen (secondary N) is 2. The van der Waals surface area contributed by atoms with Gasteiger partial charge in [0.1, 0.15) is 5.75 Å². The maximum atomic E-state index is 12.1. The van der Waals surface area contributed by atoms with E-state index in [0.717, 1.165) is 11.3 Å². The zero-order valence-corrected chi connectivity index (χ0v) is 13.1. The first-order chi connectivity index (χ1) is 11.6. The number of hydrogen-bond acceptors (Lipinski definition) is 4. The molecule has 0 atom stereocenters. The minimum absolute atomic E-state index is 0.216. The molecule has 2 aromatic rings. The van der Waals surface area contributed by atoms with Gasteiger partial charge in [-0.1, -0.05) is 18.2 Å². The highest BCUT2D eigenvalue weighted by Crippen LogP contribution is 2.24. The molecule has 1 aliphatic heterocycles. The van der Waals surface area contributed by atoms with Crippen molar-refractivity contribution in [3.05, 3.63) is 59.2 Å². The SMILES string of the molecule is COc1ccc(CCC(=O)Nc2cccc3c2C(=O)NC3=O)cc1. The molecule has 2 N–H and O–H groups in total. The van der Waals surface area contributed by atoms with Crippen LogP contribution in [0.15, 0.2) is 42.5 Å². The number of imide groups is 1. The van der Waals surface area contributed by atoms with Gasteiger partial charge in [-0.15, -0.1) is 0 Å². The summed E-state index contributed by atoms with van der Waals surface area (Å²) in [7, 11) is 1.60. The van der Waals surface area contributed by atoms with Crippen LogP contribution in [0, 0.1) is 0 Å². The molecule has 1 heterocycles. The van der Waals surface area contributed by atoms with Gasteiger partial charge in [-0.2, -0.15) is 0 Å². The Morgan fingerprint density at radius 1 is 1.08 bits per heavy atom. The van der Waals surface area contributed by atoms with Gasteiger partial charge in [-0.05, 0) is 36.2 Å². The summed E-state index contributed by atoms with van der Waals surface area (Å²) in [5.41, 5.74) is 1.88. The Labute approximate surface area is 138 Å². The van der Waals surface area contributed by atoms with Gasteiger partial charge in [-0.25, -0.2) is 0 Å². The summed E-state index contributed by atoms with van der Waals surface area (Å²) in [6.07, 6.45) is 0.835. The van der Waals surface area contributed by atoms with Gasteiger partial charge in [0.25, 0.3) is 11.8 Å². The second-order valence-electron chi connectivity index (χ2n) is 5.41. The molecule has 6 nitrogen and oxygen atoms in total. The van der Waals surface area contributed by atoms with Crippen molar-refractivity contribution in [3.63, 3.8) is 0 Å². The largest absolute Gasteiger partial charge is 0.497 e. The molecule has 0 spiro atoms. The number of methoxy groups -OCH3 is 1. The summed E-state index contributed by atoms with van der Waals surface area (Å²) >= 11 is 0. The summed E-state index contributed by atoms with van der Waals surface area (Å²) < 4.78 is 5.09. The quantitative estimate of drug-likeness (QED) is 0.825. The maximum absolute atomic E-state index is 12.1. The molecule has 3 amide bonds. The van der Waals surface area contributed by atoms with Crippen LogP contribution in [-0.4, -0.2) is 24.8 Å². The highest BCUT2D eigenvalue weighted by atomic mass is 16.5. The van der Waals surface area contributed by atoms with E-state index in [4.69, 9.17) is 4.74 Å². The molecule has 0 saturated carbocycles. The summed E-state index contributed by atoms with van der Waals surface area (Å²) in [6, 6.07) is 12.3. The van der Waals surface area contributed by atoms with Crippen LogP contribution in [0.4, 0.5) is 5.69 Å². The molecule has 24 heavy (non-hydrogen) atoms. The number of anilines is 1. The van der Waals surface area contributed by atoms with Gasteiger partial charge in [-0.3, -0.25) is 19.7 Å². The number of ether oxygens (including phenoxy) is 1. The maximum Gasteiger partial charge on any atom is 0.261 e. The van der Waals surface area contributed by atoms with Crippen LogP contribution in [-0.2, 0) is 11.2 Å². The van der Waals surface area contributed by atoms with Crippen molar-refractivity contribution in [2.45, 2.75) is 12.8 Å². The summed E-state index contributed by atoms with van der Waals surface area (Å²) in [4.78, 5) is 35.6. The normalized spacial score (nSPS) is 12.5. The van der Waals surface area contributed by atoms with Crippen LogP contribution in [0.25, 0.3) is 0 Å². The van der Waals surface area contributed by atoms with Gasteiger partial charge in [0.2, 0.25) is 5.91 Å². The third-order valence-corrected chi connectivity index (χ3v) is 3.84. The Hall–Kier alpha value is -3.15. The van der Waals surface area contributed by atoms with E-state index in [1.165, 1.54) is 0 Å². The fourth-order valence-electron chi connectivity index (χ4n) is 2.59. The highest BCUT2D eigenvalue weighted by molar-refractivity contribution is 6.24. The number of carbonyl (C=O) groups excluding carboxylic acids is 3. The third kappa shape index (κ3) is 3.12. The van der Waals surface area contributed by atoms with Gasteiger partial charge in [0, 0.05) is 6.42 Å². The van der Waals surface area contributed by atoms with E-state index in [-0.39, 0.29) is 23.5 Å². The monoisotopic (exact) mass is 324 g/mol. The van der Waals surface area contributed by atoms with Crippen LogP contribution in [0.5, 0.6) is 5.75 Å². The molecule has 0 unspecified atom stereocenters. The van der Waals surface area contributed by atoms with Crippen molar-refractivity contribution in [1.82, 2.24) is 5.32 Å². The second kappa shape index (κ2) is 6.54. The Balaban J connectivity index is 1.65. The van der Waals surface area contributed by atoms with Gasteiger partial charge < -0.3 is 10.1 Å². The van der Waals surface area contributed by atoms with Crippen LogP contribution in [0.1, 0.15) is 32.7 Å². The molecule has 2 aromatic carbocycles. The Morgan fingerprint density at radius 2 is 1.83 bits per heavy atom. The molecule has 0 aliphatic carbocycles. The molecule has 3 rings (SSSR count). The minimum atomic E-state index is -0.485. The van der Waals surface area contributed by atoms with E-state index in [1.807, 2.05) is 24.3 Å². The molecule has 6 heteroatoms. The van der Waals surface area contributed by atoms with Crippen molar-refractivity contribution < 1.29 is 19.1 Å². The molecule has 0 bridgehead atoms. The van der Waals surface area contributed by atoms with Crippen LogP contribution in [0.3, 0.4) is 0 Å². The molecule has 1 aliphatic rings. The lowest BCUT2D eigenvalue weighted by atomic mass is 10.1. The number of aryl methyl sites for hydroxylation is 1. The fourth-order valence-corrected chi connectivity index (χ4v) is 2.59. The summed E-state index contributed by atoms with van der Waals surface area (Å²) in [5.74, 6) is -0.379. The van der Waals surface area contributed by atoms with E-state index in [0.29, 0.717) is 12.1 Å². The zero-order valence-electron chi connectivity index (χ0n) is 13.1. The van der Waals surface area contributed by atoms with Crippen LogP contribution >= 0.6 is 0 Å². The average molecular weight is 324 g/mol. The van der Waals surface area contributed by atoms with Crippen molar-refractivity contribution in [1.29, 1.82) is 0 Å². The zero-order chi connectivity index (χ0) is 17.1. The lowest BCUT2D eigenvalue weighted by Crippen LogP contribution is -2.21. The van der Waals surface area contributed by atoms with Crippen molar-refractivity contribution in [2.24, 2.45) is 0 Å². The lowest BCUT2D eigenvalue weighted by Gasteiger charge is -2.08. The average Bonchev–Trinajstić information content (AvgIpc) is 2.89. The number of amides is 3. The smallest absolute Gasteiger partial charge is 0.261 e. The molecule has 122 valence electrons. The molecule has 0 radical (unpaired) electrons. The lowest BCUT2D eigenvalue weighted by molar-refractivity contribution is -0.116. The van der Waals surface area contributed by atoms with Crippen LogP contribution in [0.2, 0.25) is 0 Å². The number of hydrogen-bond donors (Lipinski definition) is 2. The van der Waals surface area contributed by atoms with Gasteiger partial charge in [0.05, 0.1) is 23.9 Å². The number of benzene rings is 2. The standard InChI is InChI=1S/C18H16N2O4/c1-24-12-8-5-11(6-9-12)7-10-15(21)19-14-4-2-3-13-16(14)18(23)20-17(13)22/h2-6,8-9H,7,10H2,1H3,(H,19,21)(H,20,22,23). The van der Waals surface area contributed by atoms with Crippen molar-refractivity contribution in [3.8, 4) is 5.75 Å². The molecule has 0 saturated heterocycles. The first-order valence-electron chi connectivity index (χ1n) is 7.50. The molecular formula is C18H16N2O4. The number of fused-ring (bicyclic) bond motifs is 1. The second-order valence-corrected chi connectivity index (χ2v) is 5.41. The van der Waals surface area contributed by atoms with E-state index < -0.39 is 11.8 Å². The highest BCUT2D eigenvalue weighted by Gasteiger charge is 2.29. The first-order valence-corrected chi connectivity index (χ1v) is 7.50. The van der Waals surface area contributed by atoms with Gasteiger partial charge in [0.15, 0.2) is 0 Å². The fraction of sp³-hybridized carbons (Fsp3) is 0.167. The van der Waals surface area contributed by atoms with Crippen molar-refractivity contribution >= 4 is 23.4 Å². The summed E-state index contributed by atoms with van der Waals surface area (Å²) in [5, 5.41) is 4.93. The molecule has 0 aromatic heterocycles. The van der Waals surface area contributed by atoms with E-state index in [9.17, 15) is 14.4 Å². The van der Waals surface area contributed by atoms with E-state index in [2.05, 4.69) is 10.6 Å². The first kappa shape index (κ1) is 15.7. The number of rotatable bonds is 5. The molecule has 0 fully saturated rings.